The van der Waals surface area contributed by atoms with Crippen LogP contribution in [0.1, 0.15) is 5.56 Å². The summed E-state index contributed by atoms with van der Waals surface area (Å²) in [5.41, 5.74) is 0.727. The number of phenolic OH excluding ortho intramolecular Hbond substituents is 1. The molecule has 0 bridgehead atoms. The largest absolute Gasteiger partial charge is 0.507 e. The van der Waals surface area contributed by atoms with E-state index in [0.717, 1.165) is 6.07 Å². The molecule has 1 aromatic rings. The van der Waals surface area contributed by atoms with Crippen LogP contribution in [0, 0.1) is 5.82 Å². The maximum atomic E-state index is 12.8. The van der Waals surface area contributed by atoms with Gasteiger partial charge >= 0.3 is 0 Å². The number of benzene rings is 1. The van der Waals surface area contributed by atoms with Crippen molar-refractivity contribution in [2.45, 2.75) is 0 Å². The van der Waals surface area contributed by atoms with Crippen molar-refractivity contribution < 1.29 is 14.3 Å². The molecule has 1 N–H and O–H groups in total. The van der Waals surface area contributed by atoms with Crippen LogP contribution in [0.2, 0.25) is 0 Å². The molecule has 1 aliphatic heterocycles. The summed E-state index contributed by atoms with van der Waals surface area (Å²) in [6.07, 6.45) is 3.31. The minimum atomic E-state index is -0.526. The van der Waals surface area contributed by atoms with Gasteiger partial charge in [-0.05, 0) is 24.5 Å². The fourth-order valence-electron chi connectivity index (χ4n) is 1.59. The van der Waals surface area contributed by atoms with Gasteiger partial charge < -0.3 is 10.0 Å². The third kappa shape index (κ3) is 2.24. The minimum absolute atomic E-state index is 0.207. The molecule has 18 heavy (non-hydrogen) atoms. The summed E-state index contributed by atoms with van der Waals surface area (Å²) < 4.78 is 12.8. The fraction of sp³-hybridized carbons (Fsp3) is 0.167. The zero-order chi connectivity index (χ0) is 13.3. The number of phenols is 1. The lowest BCUT2D eigenvalue weighted by Crippen LogP contribution is -2.18. The number of thioether (sulfide) groups is 1. The predicted octanol–water partition coefficient (Wildman–Crippen LogP) is 2.06. The first-order valence-electron chi connectivity index (χ1n) is 5.14. The molecule has 6 heteroatoms. The number of amidine groups is 1. The Morgan fingerprint density at radius 2 is 2.22 bits per heavy atom. The second kappa shape index (κ2) is 4.81. The van der Waals surface area contributed by atoms with Gasteiger partial charge in [0.25, 0.3) is 5.91 Å². The van der Waals surface area contributed by atoms with Crippen LogP contribution < -0.4 is 0 Å². The second-order valence-electron chi connectivity index (χ2n) is 3.70. The highest BCUT2D eigenvalue weighted by Crippen LogP contribution is 2.26. The Kier molecular flexibility index (Phi) is 3.38. The molecule has 0 aliphatic carbocycles. The molecule has 0 saturated heterocycles. The molecule has 1 aliphatic rings. The van der Waals surface area contributed by atoms with Crippen molar-refractivity contribution in [1.82, 2.24) is 4.90 Å². The number of likely N-dealkylation sites (N-methyl/N-ethyl adjacent to an activating group) is 1. The van der Waals surface area contributed by atoms with Gasteiger partial charge in [0.1, 0.15) is 17.3 Å². The summed E-state index contributed by atoms with van der Waals surface area (Å²) in [5.74, 6) is -1.10. The molecular formula is C12H11FN2O2S. The number of carbonyl (C=O) groups excluding carboxylic acids is 1. The maximum absolute atomic E-state index is 12.8. The second-order valence-corrected chi connectivity index (χ2v) is 4.47. The van der Waals surface area contributed by atoms with Crippen molar-refractivity contribution in [2.75, 3.05) is 13.3 Å². The van der Waals surface area contributed by atoms with E-state index in [1.165, 1.54) is 30.0 Å². The molecule has 1 aromatic carbocycles. The Morgan fingerprint density at radius 3 is 2.78 bits per heavy atom. The summed E-state index contributed by atoms with van der Waals surface area (Å²) in [4.78, 5) is 17.2. The van der Waals surface area contributed by atoms with Crippen molar-refractivity contribution in [2.24, 2.45) is 4.99 Å². The number of aromatic hydroxyl groups is 1. The number of hydrogen-bond acceptors (Lipinski definition) is 4. The van der Waals surface area contributed by atoms with Gasteiger partial charge in [0.05, 0.1) is 0 Å². The van der Waals surface area contributed by atoms with Crippen LogP contribution in [-0.2, 0) is 4.79 Å². The van der Waals surface area contributed by atoms with Gasteiger partial charge in [0.15, 0.2) is 5.17 Å². The third-order valence-electron chi connectivity index (χ3n) is 2.53. The lowest BCUT2D eigenvalue weighted by molar-refractivity contribution is -0.114. The topological polar surface area (TPSA) is 52.9 Å². The lowest BCUT2D eigenvalue weighted by atomic mass is 10.1. The van der Waals surface area contributed by atoms with Crippen LogP contribution in [0.15, 0.2) is 28.9 Å². The lowest BCUT2D eigenvalue weighted by Gasteiger charge is -2.13. The van der Waals surface area contributed by atoms with Gasteiger partial charge in [-0.3, -0.25) is 4.79 Å². The summed E-state index contributed by atoms with van der Waals surface area (Å²) in [7, 11) is 1.71. The van der Waals surface area contributed by atoms with Crippen LogP contribution >= 0.6 is 11.8 Å². The molecule has 1 amide bonds. The number of aliphatic imine (C=N–C) groups is 1. The standard InChI is InChI=1S/C12H11FN2O2S/c1-15-9(11(17)14-12(15)18-2)5-7-3-4-8(13)6-10(7)16/h3-6,16H,1-2H3/b9-5-. The van der Waals surface area contributed by atoms with E-state index < -0.39 is 5.82 Å². The molecule has 0 aromatic heterocycles. The average molecular weight is 266 g/mol. The number of hydrogen-bond donors (Lipinski definition) is 1. The highest BCUT2D eigenvalue weighted by molar-refractivity contribution is 8.13. The van der Waals surface area contributed by atoms with Gasteiger partial charge in [-0.2, -0.15) is 4.99 Å². The van der Waals surface area contributed by atoms with Crippen molar-refractivity contribution >= 4 is 28.9 Å². The first-order valence-corrected chi connectivity index (χ1v) is 6.36. The molecule has 0 atom stereocenters. The van der Waals surface area contributed by atoms with E-state index in [4.69, 9.17) is 0 Å². The van der Waals surface area contributed by atoms with E-state index in [0.29, 0.717) is 16.4 Å². The van der Waals surface area contributed by atoms with E-state index in [1.807, 2.05) is 6.26 Å². The van der Waals surface area contributed by atoms with E-state index in [1.54, 1.807) is 11.9 Å². The summed E-state index contributed by atoms with van der Waals surface area (Å²) in [6.45, 7) is 0. The smallest absolute Gasteiger partial charge is 0.296 e. The van der Waals surface area contributed by atoms with Gasteiger partial charge in [0, 0.05) is 18.7 Å². The van der Waals surface area contributed by atoms with E-state index >= 15 is 0 Å². The maximum Gasteiger partial charge on any atom is 0.296 e. The third-order valence-corrected chi connectivity index (χ3v) is 3.26. The highest BCUT2D eigenvalue weighted by Gasteiger charge is 2.25. The van der Waals surface area contributed by atoms with E-state index in [-0.39, 0.29) is 11.7 Å². The normalized spacial score (nSPS) is 17.5. The van der Waals surface area contributed by atoms with Crippen molar-refractivity contribution in [1.29, 1.82) is 0 Å². The van der Waals surface area contributed by atoms with E-state index in [2.05, 4.69) is 4.99 Å². The molecule has 0 unspecified atom stereocenters. The molecular weight excluding hydrogens is 255 g/mol. The van der Waals surface area contributed by atoms with Crippen molar-refractivity contribution in [3.63, 3.8) is 0 Å². The first-order chi connectivity index (χ1) is 8.52. The number of nitrogens with zero attached hydrogens (tertiary/aromatic N) is 2. The predicted molar refractivity (Wildman–Crippen MR) is 69.8 cm³/mol. The molecule has 0 radical (unpaired) electrons. The van der Waals surface area contributed by atoms with Crippen molar-refractivity contribution in [3.8, 4) is 5.75 Å². The highest BCUT2D eigenvalue weighted by atomic mass is 32.2. The Balaban J connectivity index is 2.38. The molecule has 1 heterocycles. The number of halogens is 1. The Morgan fingerprint density at radius 1 is 1.50 bits per heavy atom. The minimum Gasteiger partial charge on any atom is -0.507 e. The molecule has 0 fully saturated rings. The zero-order valence-corrected chi connectivity index (χ0v) is 10.7. The Hall–Kier alpha value is -1.82. The molecule has 94 valence electrons. The fourth-order valence-corrected chi connectivity index (χ4v) is 2.14. The number of rotatable bonds is 1. The Labute approximate surface area is 108 Å². The average Bonchev–Trinajstić information content (AvgIpc) is 2.59. The molecule has 0 saturated carbocycles. The van der Waals surface area contributed by atoms with Gasteiger partial charge in [-0.15, -0.1) is 0 Å². The molecule has 4 nitrogen and oxygen atoms in total. The summed E-state index contributed by atoms with van der Waals surface area (Å²) in [6, 6.07) is 3.64. The summed E-state index contributed by atoms with van der Waals surface area (Å²) in [5, 5.41) is 10.2. The van der Waals surface area contributed by atoms with Gasteiger partial charge in [0.2, 0.25) is 0 Å². The van der Waals surface area contributed by atoms with Crippen LogP contribution in [0.25, 0.3) is 6.08 Å². The van der Waals surface area contributed by atoms with Crippen LogP contribution in [0.3, 0.4) is 0 Å². The first kappa shape index (κ1) is 12.6. The monoisotopic (exact) mass is 266 g/mol. The molecule has 0 spiro atoms. The van der Waals surface area contributed by atoms with Crippen LogP contribution in [0.5, 0.6) is 5.75 Å². The van der Waals surface area contributed by atoms with Crippen LogP contribution in [-0.4, -0.2) is 34.4 Å². The zero-order valence-electron chi connectivity index (χ0n) is 9.85. The van der Waals surface area contributed by atoms with Crippen LogP contribution in [0.4, 0.5) is 4.39 Å². The molecule has 2 rings (SSSR count). The number of amides is 1. The SMILES string of the molecule is CSC1=NC(=O)/C(=C/c2ccc(F)cc2O)N1C. The number of carbonyl (C=O) groups is 1. The van der Waals surface area contributed by atoms with E-state index in [9.17, 15) is 14.3 Å². The quantitative estimate of drug-likeness (QED) is 0.791. The Bertz CT molecular complexity index is 569. The van der Waals surface area contributed by atoms with Gasteiger partial charge in [-0.1, -0.05) is 11.8 Å². The van der Waals surface area contributed by atoms with Gasteiger partial charge in [-0.25, -0.2) is 4.39 Å². The summed E-state index contributed by atoms with van der Waals surface area (Å²) >= 11 is 1.36. The van der Waals surface area contributed by atoms with Crippen molar-refractivity contribution in [3.05, 3.63) is 35.3 Å².